The van der Waals surface area contributed by atoms with Gasteiger partial charge in [0.15, 0.2) is 0 Å². The van der Waals surface area contributed by atoms with Crippen LogP contribution in [-0.2, 0) is 9.67 Å². The highest BCUT2D eigenvalue weighted by atomic mass is 35.5. The number of aliphatic carboxylic acids is 1. The molecule has 1 unspecified atom stereocenters. The fourth-order valence-electron chi connectivity index (χ4n) is 1.54. The lowest BCUT2D eigenvalue weighted by Gasteiger charge is -2.16. The molecule has 1 aliphatic heterocycles. The summed E-state index contributed by atoms with van der Waals surface area (Å²) in [6.07, 6.45) is 1.35. The number of carboxylic acid groups (broad SMARTS) is 1. The fourth-order valence-corrected chi connectivity index (χ4v) is 1.86. The molecule has 14 heavy (non-hydrogen) atoms. The summed E-state index contributed by atoms with van der Waals surface area (Å²) < 4.78 is 0. The number of para-hydroxylation sites is 1. The zero-order chi connectivity index (χ0) is 10.2. The van der Waals surface area contributed by atoms with Gasteiger partial charge in [0.2, 0.25) is 0 Å². The zero-order valence-corrected chi connectivity index (χ0v) is 8.03. The number of halogens is 1. The Bertz CT molecular complexity index is 416. The van der Waals surface area contributed by atoms with E-state index in [2.05, 4.69) is 4.99 Å². The summed E-state index contributed by atoms with van der Waals surface area (Å²) >= 11 is 6.17. The molecule has 0 fully saturated rings. The zero-order valence-electron chi connectivity index (χ0n) is 7.27. The van der Waals surface area contributed by atoms with Crippen LogP contribution >= 0.6 is 11.6 Å². The van der Waals surface area contributed by atoms with E-state index in [9.17, 15) is 4.79 Å². The van der Waals surface area contributed by atoms with Crippen molar-refractivity contribution in [1.82, 2.24) is 0 Å². The van der Waals surface area contributed by atoms with Crippen LogP contribution in [0.5, 0.6) is 0 Å². The fraction of sp³-hybridized carbons (Fsp3) is 0.200. The second-order valence-corrected chi connectivity index (χ2v) is 3.88. The molecule has 0 aliphatic carbocycles. The molecule has 3 nitrogen and oxygen atoms in total. The molecule has 0 saturated heterocycles. The van der Waals surface area contributed by atoms with Gasteiger partial charge in [-0.1, -0.05) is 18.2 Å². The Hall–Kier alpha value is -1.35. The first-order valence-electron chi connectivity index (χ1n) is 4.17. The number of hydrogen-bond acceptors (Lipinski definition) is 2. The van der Waals surface area contributed by atoms with Gasteiger partial charge < -0.3 is 5.11 Å². The monoisotopic (exact) mass is 209 g/mol. The molecule has 0 saturated carbocycles. The van der Waals surface area contributed by atoms with E-state index >= 15 is 0 Å². The van der Waals surface area contributed by atoms with E-state index in [4.69, 9.17) is 16.7 Å². The lowest BCUT2D eigenvalue weighted by atomic mass is 9.97. The molecule has 0 radical (unpaired) electrons. The number of alkyl halides is 1. The number of nitrogens with zero attached hydrogens (tertiary/aromatic N) is 1. The molecule has 1 aromatic rings. The molecule has 0 bridgehead atoms. The van der Waals surface area contributed by atoms with E-state index in [0.29, 0.717) is 0 Å². The first-order valence-corrected chi connectivity index (χ1v) is 4.55. The summed E-state index contributed by atoms with van der Waals surface area (Å²) in [7, 11) is 0. The number of aliphatic imine (C=N–C) groups is 1. The van der Waals surface area contributed by atoms with Gasteiger partial charge in [0.1, 0.15) is 4.87 Å². The summed E-state index contributed by atoms with van der Waals surface area (Å²) in [6.45, 7) is 0. The second kappa shape index (κ2) is 3.10. The molecule has 1 aromatic carbocycles. The van der Waals surface area contributed by atoms with Gasteiger partial charge in [0, 0.05) is 11.8 Å². The summed E-state index contributed by atoms with van der Waals surface area (Å²) in [5.74, 6) is -0.928. The second-order valence-electron chi connectivity index (χ2n) is 3.21. The van der Waals surface area contributed by atoms with Crippen LogP contribution < -0.4 is 0 Å². The molecule has 0 spiro atoms. The molecule has 1 aliphatic rings. The average molecular weight is 210 g/mol. The van der Waals surface area contributed by atoms with Crippen molar-refractivity contribution in [2.45, 2.75) is 11.3 Å². The SMILES string of the molecule is O=C(O)CC1(Cl)C=Nc2ccccc21. The topological polar surface area (TPSA) is 49.7 Å². The van der Waals surface area contributed by atoms with Gasteiger partial charge in [-0.2, -0.15) is 0 Å². The summed E-state index contributed by atoms with van der Waals surface area (Å²) in [4.78, 5) is 13.7. The Kier molecular flexibility index (Phi) is 2.04. The van der Waals surface area contributed by atoms with Gasteiger partial charge in [0.05, 0.1) is 12.1 Å². The third kappa shape index (κ3) is 1.40. The molecule has 2 rings (SSSR count). The van der Waals surface area contributed by atoms with Crippen molar-refractivity contribution in [2.75, 3.05) is 0 Å². The van der Waals surface area contributed by atoms with Crippen LogP contribution in [0.3, 0.4) is 0 Å². The molecule has 0 amide bonds. The van der Waals surface area contributed by atoms with Crippen molar-refractivity contribution in [2.24, 2.45) is 4.99 Å². The molecule has 1 heterocycles. The number of rotatable bonds is 2. The summed E-state index contributed by atoms with van der Waals surface area (Å²) in [6, 6.07) is 7.29. The van der Waals surface area contributed by atoms with E-state index in [0.717, 1.165) is 11.3 Å². The van der Waals surface area contributed by atoms with Gasteiger partial charge >= 0.3 is 5.97 Å². The Morgan fingerprint density at radius 2 is 2.21 bits per heavy atom. The van der Waals surface area contributed by atoms with E-state index in [1.807, 2.05) is 18.2 Å². The lowest BCUT2D eigenvalue weighted by Crippen LogP contribution is -2.21. The molecule has 1 atom stereocenters. The quantitative estimate of drug-likeness (QED) is 0.760. The number of benzene rings is 1. The molecule has 0 aromatic heterocycles. The molecule has 4 heteroatoms. The number of carbonyl (C=O) groups is 1. The highest BCUT2D eigenvalue weighted by Gasteiger charge is 2.36. The van der Waals surface area contributed by atoms with Gasteiger partial charge in [-0.05, 0) is 6.07 Å². The highest BCUT2D eigenvalue weighted by molar-refractivity contribution is 6.34. The van der Waals surface area contributed by atoms with Crippen molar-refractivity contribution in [3.8, 4) is 0 Å². The molecular formula is C10H8ClNO2. The minimum atomic E-state index is -0.970. The maximum atomic E-state index is 10.6. The third-order valence-corrected chi connectivity index (χ3v) is 2.60. The first kappa shape index (κ1) is 9.21. The van der Waals surface area contributed by atoms with Crippen LogP contribution in [0, 0.1) is 0 Å². The normalized spacial score (nSPS) is 23.5. The average Bonchev–Trinajstić information content (AvgIpc) is 2.44. The molecule has 1 N–H and O–H groups in total. The first-order chi connectivity index (χ1) is 6.62. The summed E-state index contributed by atoms with van der Waals surface area (Å²) in [5.41, 5.74) is 1.52. The van der Waals surface area contributed by atoms with Crippen LogP contribution in [0.2, 0.25) is 0 Å². The largest absolute Gasteiger partial charge is 0.481 e. The van der Waals surface area contributed by atoms with Crippen molar-refractivity contribution >= 4 is 29.5 Å². The van der Waals surface area contributed by atoms with Crippen LogP contribution in [0.15, 0.2) is 29.3 Å². The summed E-state index contributed by atoms with van der Waals surface area (Å²) in [5, 5.41) is 8.72. The Morgan fingerprint density at radius 3 is 2.93 bits per heavy atom. The van der Waals surface area contributed by atoms with E-state index < -0.39 is 10.8 Å². The maximum absolute atomic E-state index is 10.6. The minimum absolute atomic E-state index is 0.144. The number of fused-ring (bicyclic) bond motifs is 1. The molecule has 72 valence electrons. The minimum Gasteiger partial charge on any atom is -0.481 e. The molecular weight excluding hydrogens is 202 g/mol. The van der Waals surface area contributed by atoms with Crippen molar-refractivity contribution < 1.29 is 9.90 Å². The van der Waals surface area contributed by atoms with Crippen molar-refractivity contribution in [3.05, 3.63) is 29.8 Å². The number of carboxylic acids is 1. The van der Waals surface area contributed by atoms with Gasteiger partial charge in [-0.15, -0.1) is 11.6 Å². The Labute approximate surface area is 86.0 Å². The van der Waals surface area contributed by atoms with E-state index in [-0.39, 0.29) is 6.42 Å². The maximum Gasteiger partial charge on any atom is 0.305 e. The van der Waals surface area contributed by atoms with Crippen LogP contribution in [0.4, 0.5) is 5.69 Å². The van der Waals surface area contributed by atoms with Crippen LogP contribution in [0.1, 0.15) is 12.0 Å². The van der Waals surface area contributed by atoms with Gasteiger partial charge in [-0.25, -0.2) is 0 Å². The van der Waals surface area contributed by atoms with E-state index in [1.54, 1.807) is 6.07 Å². The Balaban J connectivity index is 2.42. The Morgan fingerprint density at radius 1 is 1.50 bits per heavy atom. The van der Waals surface area contributed by atoms with Gasteiger partial charge in [0.25, 0.3) is 0 Å². The van der Waals surface area contributed by atoms with Gasteiger partial charge in [-0.3, -0.25) is 9.79 Å². The third-order valence-electron chi connectivity index (χ3n) is 2.17. The highest BCUT2D eigenvalue weighted by Crippen LogP contribution is 2.41. The smallest absolute Gasteiger partial charge is 0.305 e. The predicted octanol–water partition coefficient (Wildman–Crippen LogP) is 2.31. The van der Waals surface area contributed by atoms with Crippen LogP contribution in [0.25, 0.3) is 0 Å². The lowest BCUT2D eigenvalue weighted by molar-refractivity contribution is -0.137. The van der Waals surface area contributed by atoms with E-state index in [1.165, 1.54) is 6.21 Å². The predicted molar refractivity (Wildman–Crippen MR) is 54.4 cm³/mol. The van der Waals surface area contributed by atoms with Crippen molar-refractivity contribution in [1.29, 1.82) is 0 Å². The van der Waals surface area contributed by atoms with Crippen molar-refractivity contribution in [3.63, 3.8) is 0 Å². The van der Waals surface area contributed by atoms with Crippen LogP contribution in [-0.4, -0.2) is 17.3 Å². The standard InChI is InChI=1S/C10H8ClNO2/c11-10(5-9(13)14)6-12-8-4-2-1-3-7(8)10/h1-4,6H,5H2,(H,13,14). The number of hydrogen-bond donors (Lipinski definition) is 1.